The third kappa shape index (κ3) is 1.53. The standard InChI is InChI=1S/C14H17NO2/c1-13-8-5-9-17-12(16)14(13,10-13)15-11-6-3-2-4-7-11/h2-4,6-7,15H,5,8-10H2,1H3/t13-,14+/m0/s1. The highest BCUT2D eigenvalue weighted by Gasteiger charge is 2.70. The van der Waals surface area contributed by atoms with E-state index in [2.05, 4.69) is 12.2 Å². The molecule has 2 atom stereocenters. The fraction of sp³-hybridized carbons (Fsp3) is 0.500. The normalized spacial score (nSPS) is 35.5. The summed E-state index contributed by atoms with van der Waals surface area (Å²) in [7, 11) is 0. The van der Waals surface area contributed by atoms with Crippen LogP contribution in [0.1, 0.15) is 26.2 Å². The van der Waals surface area contributed by atoms with Crippen LogP contribution in [-0.4, -0.2) is 18.1 Å². The Morgan fingerprint density at radius 3 is 2.82 bits per heavy atom. The first-order valence-corrected chi connectivity index (χ1v) is 6.17. The Bertz CT molecular complexity index is 445. The zero-order chi connectivity index (χ0) is 11.9. The van der Waals surface area contributed by atoms with Gasteiger partial charge >= 0.3 is 5.97 Å². The summed E-state index contributed by atoms with van der Waals surface area (Å²) in [6.45, 7) is 2.74. The van der Waals surface area contributed by atoms with Crippen LogP contribution in [0.5, 0.6) is 0 Å². The molecule has 1 N–H and O–H groups in total. The van der Waals surface area contributed by atoms with Crippen LogP contribution in [0.3, 0.4) is 0 Å². The fourth-order valence-corrected chi connectivity index (χ4v) is 2.93. The van der Waals surface area contributed by atoms with Gasteiger partial charge in [0.2, 0.25) is 0 Å². The summed E-state index contributed by atoms with van der Waals surface area (Å²) in [6.07, 6.45) is 2.91. The number of ether oxygens (including phenoxy) is 1. The Hall–Kier alpha value is -1.51. The monoisotopic (exact) mass is 231 g/mol. The number of cyclic esters (lactones) is 1. The molecule has 0 bridgehead atoms. The number of para-hydroxylation sites is 1. The van der Waals surface area contributed by atoms with Crippen molar-refractivity contribution in [2.75, 3.05) is 11.9 Å². The van der Waals surface area contributed by atoms with Crippen molar-refractivity contribution in [3.05, 3.63) is 30.3 Å². The molecule has 1 saturated heterocycles. The molecular weight excluding hydrogens is 214 g/mol. The second kappa shape index (κ2) is 3.49. The van der Waals surface area contributed by atoms with E-state index in [0.29, 0.717) is 6.61 Å². The molecule has 1 aliphatic heterocycles. The van der Waals surface area contributed by atoms with Gasteiger partial charge in [0.1, 0.15) is 5.54 Å². The predicted molar refractivity (Wildman–Crippen MR) is 65.7 cm³/mol. The van der Waals surface area contributed by atoms with Crippen molar-refractivity contribution in [1.29, 1.82) is 0 Å². The molecule has 2 fully saturated rings. The molecular formula is C14H17NO2. The topological polar surface area (TPSA) is 38.3 Å². The largest absolute Gasteiger partial charge is 0.464 e. The number of nitrogens with one attached hydrogen (secondary N) is 1. The number of hydrogen-bond donors (Lipinski definition) is 1. The lowest BCUT2D eigenvalue weighted by Crippen LogP contribution is -2.37. The van der Waals surface area contributed by atoms with E-state index in [0.717, 1.165) is 24.9 Å². The molecule has 1 aromatic carbocycles. The van der Waals surface area contributed by atoms with Gasteiger partial charge in [-0.05, 0) is 31.4 Å². The lowest BCUT2D eigenvalue weighted by Gasteiger charge is -2.20. The summed E-state index contributed by atoms with van der Waals surface area (Å²) >= 11 is 0. The molecule has 90 valence electrons. The Morgan fingerprint density at radius 1 is 1.29 bits per heavy atom. The minimum atomic E-state index is -0.481. The summed E-state index contributed by atoms with van der Waals surface area (Å²) in [5.74, 6) is -0.0821. The van der Waals surface area contributed by atoms with Crippen molar-refractivity contribution in [2.45, 2.75) is 31.7 Å². The highest BCUT2D eigenvalue weighted by Crippen LogP contribution is 2.62. The number of rotatable bonds is 2. The smallest absolute Gasteiger partial charge is 0.332 e. The molecule has 3 nitrogen and oxygen atoms in total. The van der Waals surface area contributed by atoms with Crippen molar-refractivity contribution in [3.8, 4) is 0 Å². The first kappa shape index (κ1) is 10.6. The number of esters is 1. The highest BCUT2D eigenvalue weighted by atomic mass is 16.5. The minimum Gasteiger partial charge on any atom is -0.464 e. The number of benzene rings is 1. The van der Waals surface area contributed by atoms with Gasteiger partial charge in [-0.25, -0.2) is 4.79 Å². The van der Waals surface area contributed by atoms with E-state index >= 15 is 0 Å². The van der Waals surface area contributed by atoms with Crippen LogP contribution in [0, 0.1) is 5.41 Å². The predicted octanol–water partition coefficient (Wildman–Crippen LogP) is 2.58. The molecule has 1 aliphatic carbocycles. The SMILES string of the molecule is C[C@@]12CCCOC(=O)[C@]1(Nc1ccccc1)C2. The third-order valence-electron chi connectivity index (χ3n) is 4.15. The quantitative estimate of drug-likeness (QED) is 0.795. The van der Waals surface area contributed by atoms with E-state index in [1.54, 1.807) is 0 Å². The first-order chi connectivity index (χ1) is 8.16. The molecule has 2 aliphatic rings. The average molecular weight is 231 g/mol. The van der Waals surface area contributed by atoms with E-state index in [9.17, 15) is 4.79 Å². The first-order valence-electron chi connectivity index (χ1n) is 6.17. The fourth-order valence-electron chi connectivity index (χ4n) is 2.93. The molecule has 0 unspecified atom stereocenters. The van der Waals surface area contributed by atoms with Crippen LogP contribution >= 0.6 is 0 Å². The van der Waals surface area contributed by atoms with Gasteiger partial charge in [-0.15, -0.1) is 0 Å². The molecule has 3 heteroatoms. The van der Waals surface area contributed by atoms with Crippen LogP contribution in [-0.2, 0) is 9.53 Å². The molecule has 17 heavy (non-hydrogen) atoms. The Labute approximate surface area is 101 Å². The summed E-state index contributed by atoms with van der Waals surface area (Å²) in [5.41, 5.74) is 0.580. The molecule has 1 heterocycles. The van der Waals surface area contributed by atoms with Gasteiger partial charge < -0.3 is 10.1 Å². The molecule has 0 amide bonds. The highest BCUT2D eigenvalue weighted by molar-refractivity contribution is 5.90. The van der Waals surface area contributed by atoms with E-state index < -0.39 is 5.54 Å². The number of carbonyl (C=O) groups is 1. The summed E-state index contributed by atoms with van der Waals surface area (Å²) in [4.78, 5) is 12.1. The van der Waals surface area contributed by atoms with Crippen LogP contribution in [0.2, 0.25) is 0 Å². The number of fused-ring (bicyclic) bond motifs is 1. The lowest BCUT2D eigenvalue weighted by molar-refractivity contribution is -0.145. The van der Waals surface area contributed by atoms with E-state index in [4.69, 9.17) is 4.74 Å². The molecule has 1 aromatic rings. The maximum absolute atomic E-state index is 12.1. The average Bonchev–Trinajstić information content (AvgIpc) is 2.93. The minimum absolute atomic E-state index is 0.0659. The van der Waals surface area contributed by atoms with Gasteiger partial charge in [0.15, 0.2) is 0 Å². The van der Waals surface area contributed by atoms with Gasteiger partial charge in [-0.2, -0.15) is 0 Å². The van der Waals surface area contributed by atoms with Gasteiger partial charge in [-0.1, -0.05) is 25.1 Å². The second-order valence-corrected chi connectivity index (χ2v) is 5.37. The maximum atomic E-state index is 12.1. The van der Waals surface area contributed by atoms with Crippen LogP contribution in [0.15, 0.2) is 30.3 Å². The van der Waals surface area contributed by atoms with Crippen molar-refractivity contribution < 1.29 is 9.53 Å². The van der Waals surface area contributed by atoms with E-state index in [1.807, 2.05) is 30.3 Å². The number of carbonyl (C=O) groups excluding carboxylic acids is 1. The summed E-state index contributed by atoms with van der Waals surface area (Å²) in [6, 6.07) is 9.90. The van der Waals surface area contributed by atoms with Crippen LogP contribution in [0.4, 0.5) is 5.69 Å². The third-order valence-corrected chi connectivity index (χ3v) is 4.15. The second-order valence-electron chi connectivity index (χ2n) is 5.37. The van der Waals surface area contributed by atoms with Crippen LogP contribution < -0.4 is 5.32 Å². The Morgan fingerprint density at radius 2 is 2.06 bits per heavy atom. The molecule has 3 rings (SSSR count). The molecule has 0 radical (unpaired) electrons. The Balaban J connectivity index is 1.88. The zero-order valence-electron chi connectivity index (χ0n) is 10.0. The van der Waals surface area contributed by atoms with Crippen molar-refractivity contribution in [2.24, 2.45) is 5.41 Å². The maximum Gasteiger partial charge on any atom is 0.332 e. The molecule has 0 spiro atoms. The van der Waals surface area contributed by atoms with Gasteiger partial charge in [0.25, 0.3) is 0 Å². The van der Waals surface area contributed by atoms with Crippen LogP contribution in [0.25, 0.3) is 0 Å². The Kier molecular flexibility index (Phi) is 2.18. The van der Waals surface area contributed by atoms with Crippen molar-refractivity contribution in [3.63, 3.8) is 0 Å². The summed E-state index contributed by atoms with van der Waals surface area (Å²) < 4.78 is 5.30. The van der Waals surface area contributed by atoms with Crippen molar-refractivity contribution in [1.82, 2.24) is 0 Å². The van der Waals surface area contributed by atoms with Crippen molar-refractivity contribution >= 4 is 11.7 Å². The van der Waals surface area contributed by atoms with E-state index in [-0.39, 0.29) is 11.4 Å². The zero-order valence-corrected chi connectivity index (χ0v) is 10.0. The van der Waals surface area contributed by atoms with Gasteiger partial charge in [0.05, 0.1) is 6.61 Å². The number of anilines is 1. The van der Waals surface area contributed by atoms with E-state index in [1.165, 1.54) is 0 Å². The lowest BCUT2D eigenvalue weighted by atomic mass is 9.97. The number of hydrogen-bond acceptors (Lipinski definition) is 3. The van der Waals surface area contributed by atoms with Gasteiger partial charge in [0, 0.05) is 11.1 Å². The summed E-state index contributed by atoms with van der Waals surface area (Å²) in [5, 5.41) is 3.39. The molecule has 0 aromatic heterocycles. The molecule has 1 saturated carbocycles. The van der Waals surface area contributed by atoms with Gasteiger partial charge in [-0.3, -0.25) is 0 Å².